The number of allylic oxidation sites excluding steroid dienone is 22. The van der Waals surface area contributed by atoms with Gasteiger partial charge in [-0.25, -0.2) is 4.98 Å². The van der Waals surface area contributed by atoms with Crippen LogP contribution in [0, 0.1) is 5.92 Å². The van der Waals surface area contributed by atoms with Gasteiger partial charge in [0.05, 0.1) is 5.69 Å². The van der Waals surface area contributed by atoms with Crippen LogP contribution in [0.2, 0.25) is 0 Å². The zero-order chi connectivity index (χ0) is 48.3. The minimum absolute atomic E-state index is 0.136. The van der Waals surface area contributed by atoms with Gasteiger partial charge in [-0.05, 0) is 135 Å². The van der Waals surface area contributed by atoms with Crippen molar-refractivity contribution in [1.29, 1.82) is 0 Å². The van der Waals surface area contributed by atoms with E-state index in [0.29, 0.717) is 49.7 Å². The van der Waals surface area contributed by atoms with Crippen LogP contribution in [-0.4, -0.2) is 41.3 Å². The second-order valence-corrected chi connectivity index (χ2v) is 18.1. The van der Waals surface area contributed by atoms with Crippen molar-refractivity contribution in [2.75, 3.05) is 11.9 Å². The molecule has 1 aromatic rings. The van der Waals surface area contributed by atoms with Gasteiger partial charge in [-0.1, -0.05) is 167 Å². The number of anilines is 1. The van der Waals surface area contributed by atoms with Gasteiger partial charge < -0.3 is 21.7 Å². The largest absolute Gasteiger partial charge is 0.369 e. The molecular weight excluding hydrogens is 847 g/mol. The first kappa shape index (κ1) is 58.3. The minimum atomic E-state index is -0.698. The fourth-order valence-electron chi connectivity index (χ4n) is 7.33. The van der Waals surface area contributed by atoms with Crippen molar-refractivity contribution in [2.24, 2.45) is 11.7 Å². The van der Waals surface area contributed by atoms with Gasteiger partial charge in [-0.3, -0.25) is 14.4 Å². The number of primary amides is 1. The lowest BCUT2D eigenvalue weighted by Crippen LogP contribution is -2.43. The monoisotopic (exact) mass is 934 g/mol. The molecule has 1 aliphatic rings. The number of nitrogens with one attached hydrogen (secondary N) is 3. The maximum absolute atomic E-state index is 13.7. The highest BCUT2D eigenvalue weighted by Gasteiger charge is 2.26. The number of hydrogen-bond donors (Lipinski definition) is 4. The van der Waals surface area contributed by atoms with E-state index in [9.17, 15) is 14.4 Å². The SMILES string of the molecule is CCC=CCC=CCC=CCC=CCC=CCC=CCC(CCCC[C@H](NC(=O)CCC/C=C\C/C=C\C/C=C\C/C=C\C/C=C\CC)C(=O)Nc1nc2c(s1)C[C@H](NCCC)CC2)C(N)=O. The third-order valence-electron chi connectivity index (χ3n) is 11.2. The van der Waals surface area contributed by atoms with Gasteiger partial charge in [0.1, 0.15) is 6.04 Å². The van der Waals surface area contributed by atoms with Gasteiger partial charge >= 0.3 is 0 Å². The molecule has 9 heteroatoms. The Bertz CT molecular complexity index is 1820. The third kappa shape index (κ3) is 31.7. The highest BCUT2D eigenvalue weighted by Crippen LogP contribution is 2.30. The fourth-order valence-corrected chi connectivity index (χ4v) is 8.42. The van der Waals surface area contributed by atoms with Crippen molar-refractivity contribution < 1.29 is 14.4 Å². The molecule has 0 saturated carbocycles. The van der Waals surface area contributed by atoms with Crippen molar-refractivity contribution in [3.05, 3.63) is 144 Å². The third-order valence-corrected chi connectivity index (χ3v) is 12.2. The summed E-state index contributed by atoms with van der Waals surface area (Å²) in [5, 5.41) is 10.3. The highest BCUT2D eigenvalue weighted by atomic mass is 32.1. The summed E-state index contributed by atoms with van der Waals surface area (Å²) in [6.45, 7) is 7.47. The summed E-state index contributed by atoms with van der Waals surface area (Å²) in [7, 11) is 0. The number of thiazole rings is 1. The first-order valence-corrected chi connectivity index (χ1v) is 26.5. The van der Waals surface area contributed by atoms with E-state index in [1.807, 2.05) is 6.08 Å². The van der Waals surface area contributed by atoms with E-state index in [-0.39, 0.29) is 23.6 Å². The summed E-state index contributed by atoms with van der Waals surface area (Å²) in [4.78, 5) is 45.3. The zero-order valence-corrected chi connectivity index (χ0v) is 42.4. The van der Waals surface area contributed by atoms with Gasteiger partial charge in [-0.2, -0.15) is 0 Å². The molecule has 0 bridgehead atoms. The molecule has 368 valence electrons. The summed E-state index contributed by atoms with van der Waals surface area (Å²) >= 11 is 1.54. The Labute approximate surface area is 410 Å². The second kappa shape index (κ2) is 41.3. The van der Waals surface area contributed by atoms with Crippen molar-refractivity contribution in [3.63, 3.8) is 0 Å². The van der Waals surface area contributed by atoms with E-state index in [2.05, 4.69) is 164 Å². The van der Waals surface area contributed by atoms with Crippen LogP contribution in [-0.2, 0) is 27.2 Å². The average Bonchev–Trinajstić information content (AvgIpc) is 3.73. The van der Waals surface area contributed by atoms with Crippen molar-refractivity contribution >= 4 is 34.2 Å². The van der Waals surface area contributed by atoms with Crippen molar-refractivity contribution in [3.8, 4) is 0 Å². The van der Waals surface area contributed by atoms with Gasteiger partial charge in [0.15, 0.2) is 5.13 Å². The second-order valence-electron chi connectivity index (χ2n) is 17.0. The first-order chi connectivity index (χ1) is 32.9. The number of aryl methyl sites for hydroxylation is 1. The number of carbonyl (C=O) groups excluding carboxylic acids is 3. The van der Waals surface area contributed by atoms with Crippen molar-refractivity contribution in [1.82, 2.24) is 15.6 Å². The van der Waals surface area contributed by atoms with E-state index in [0.717, 1.165) is 121 Å². The van der Waals surface area contributed by atoms with E-state index in [1.165, 1.54) is 4.88 Å². The van der Waals surface area contributed by atoms with Crippen LogP contribution in [0.4, 0.5) is 5.13 Å². The van der Waals surface area contributed by atoms with Crippen LogP contribution < -0.4 is 21.7 Å². The smallest absolute Gasteiger partial charge is 0.248 e. The number of nitrogens with two attached hydrogens (primary N) is 1. The molecule has 5 N–H and O–H groups in total. The summed E-state index contributed by atoms with van der Waals surface area (Å²) in [6.07, 6.45) is 67.1. The minimum Gasteiger partial charge on any atom is -0.369 e. The molecule has 0 aliphatic heterocycles. The van der Waals surface area contributed by atoms with Crippen LogP contribution in [0.15, 0.2) is 134 Å². The Morgan fingerprint density at radius 1 is 0.642 bits per heavy atom. The molecule has 3 atom stereocenters. The Hall–Kier alpha value is -4.86. The van der Waals surface area contributed by atoms with Gasteiger partial charge in [0.25, 0.3) is 0 Å². The van der Waals surface area contributed by atoms with Gasteiger partial charge in [-0.15, -0.1) is 11.3 Å². The Balaban J connectivity index is 1.81. The predicted molar refractivity (Wildman–Crippen MR) is 289 cm³/mol. The molecule has 0 saturated heterocycles. The molecule has 0 aromatic carbocycles. The van der Waals surface area contributed by atoms with Crippen molar-refractivity contribution in [2.45, 2.75) is 181 Å². The molecular formula is C58H87N5O3S. The summed E-state index contributed by atoms with van der Waals surface area (Å²) in [5.74, 6) is -0.972. The van der Waals surface area contributed by atoms with E-state index in [1.54, 1.807) is 11.3 Å². The molecule has 8 nitrogen and oxygen atoms in total. The van der Waals surface area contributed by atoms with Crippen LogP contribution >= 0.6 is 11.3 Å². The molecule has 0 fully saturated rings. The first-order valence-electron chi connectivity index (χ1n) is 25.6. The molecule has 1 heterocycles. The predicted octanol–water partition coefficient (Wildman–Crippen LogP) is 14.1. The number of carbonyl (C=O) groups is 3. The summed E-state index contributed by atoms with van der Waals surface area (Å²) < 4.78 is 0. The summed E-state index contributed by atoms with van der Waals surface area (Å²) in [5.41, 5.74) is 6.88. The molecule has 0 radical (unpaired) electrons. The zero-order valence-electron chi connectivity index (χ0n) is 41.6. The Morgan fingerprint density at radius 3 is 1.61 bits per heavy atom. The van der Waals surface area contributed by atoms with E-state index in [4.69, 9.17) is 10.7 Å². The number of rotatable bonds is 38. The van der Waals surface area contributed by atoms with Gasteiger partial charge in [0.2, 0.25) is 17.7 Å². The normalized spacial score (nSPS) is 15.8. The lowest BCUT2D eigenvalue weighted by molar-refractivity contribution is -0.126. The topological polar surface area (TPSA) is 126 Å². The number of hydrogen-bond acceptors (Lipinski definition) is 6. The van der Waals surface area contributed by atoms with Crippen LogP contribution in [0.1, 0.15) is 166 Å². The fraction of sp³-hybridized carbons (Fsp3) is 0.517. The molecule has 0 spiro atoms. The van der Waals surface area contributed by atoms with Crippen LogP contribution in [0.25, 0.3) is 0 Å². The van der Waals surface area contributed by atoms with Crippen LogP contribution in [0.3, 0.4) is 0 Å². The van der Waals surface area contributed by atoms with Gasteiger partial charge in [0, 0.05) is 23.3 Å². The van der Waals surface area contributed by atoms with E-state index < -0.39 is 6.04 Å². The maximum Gasteiger partial charge on any atom is 0.248 e. The number of aromatic nitrogens is 1. The number of fused-ring (bicyclic) bond motifs is 1. The standard InChI is InChI=1S/C58H87N5O3S/c1-4-7-9-11-13-15-17-19-21-23-25-26-28-30-32-34-36-38-42-50(56(59)65)43-40-41-44-53(57(66)63-58-62-52-47-46-51(60-48-6-3)49-54(52)67-58)61-55(64)45-39-37-35-33-31-29-27-24-22-20-18-16-14-12-10-8-5-2/h7-10,13-16,19-22,25-27,29-30,32-33,35-36,38,50-51,53,60H,4-6,11-12,17-18,23-24,28,31,34,37,39-49H2,1-3H3,(H2,59,65)(H,61,64)(H,62,63,66)/b9-7?,10-8-,15-13?,16-14-,21-19?,22-20-,26-25?,29-27-,32-30?,35-33-,38-36?/t50?,51-,53+/m1/s1. The maximum atomic E-state index is 13.7. The number of nitrogens with zero attached hydrogens (tertiary/aromatic N) is 1. The molecule has 3 amide bonds. The lowest BCUT2D eigenvalue weighted by Gasteiger charge is -2.21. The molecule has 1 aromatic heterocycles. The lowest BCUT2D eigenvalue weighted by atomic mass is 9.95. The van der Waals surface area contributed by atoms with Crippen LogP contribution in [0.5, 0.6) is 0 Å². The molecule has 1 aliphatic carbocycles. The average molecular weight is 934 g/mol. The molecule has 67 heavy (non-hydrogen) atoms. The Morgan fingerprint density at radius 2 is 1.12 bits per heavy atom. The number of unbranched alkanes of at least 4 members (excludes halogenated alkanes) is 2. The quantitative estimate of drug-likeness (QED) is 0.0388. The molecule has 1 unspecified atom stereocenters. The number of amides is 3. The summed E-state index contributed by atoms with van der Waals surface area (Å²) in [6, 6.07) is -0.266. The van der Waals surface area contributed by atoms with E-state index >= 15 is 0 Å². The Kier molecular flexibility index (Phi) is 35.9. The highest BCUT2D eigenvalue weighted by molar-refractivity contribution is 7.15. The molecule has 2 rings (SSSR count).